The van der Waals surface area contributed by atoms with E-state index in [2.05, 4.69) is 24.5 Å². The highest BCUT2D eigenvalue weighted by atomic mass is 16.1. The molecule has 0 aromatic carbocycles. The van der Waals surface area contributed by atoms with Gasteiger partial charge >= 0.3 is 0 Å². The van der Waals surface area contributed by atoms with Gasteiger partial charge in [0.25, 0.3) is 0 Å². The van der Waals surface area contributed by atoms with E-state index in [0.29, 0.717) is 18.5 Å². The molecule has 5 atom stereocenters. The largest absolute Gasteiger partial charge is 0.359 e. The third-order valence-corrected chi connectivity index (χ3v) is 4.69. The first kappa shape index (κ1) is 12.9. The first-order valence-corrected chi connectivity index (χ1v) is 7.14. The summed E-state index contributed by atoms with van der Waals surface area (Å²) in [4.78, 5) is 11.5. The van der Waals surface area contributed by atoms with Crippen molar-refractivity contribution in [2.45, 2.75) is 58.0 Å². The van der Waals surface area contributed by atoms with Gasteiger partial charge in [-0.2, -0.15) is 0 Å². The fraction of sp³-hybridized carbons (Fsp3) is 0.929. The Kier molecular flexibility index (Phi) is 4.08. The van der Waals surface area contributed by atoms with Crippen LogP contribution in [0.1, 0.15) is 46.0 Å². The average Bonchev–Trinajstić information content (AvgIpc) is 2.82. The maximum Gasteiger partial charge on any atom is 0.221 e. The van der Waals surface area contributed by atoms with Gasteiger partial charge in [-0.1, -0.05) is 26.7 Å². The van der Waals surface area contributed by atoms with Crippen molar-refractivity contribution in [3.63, 3.8) is 0 Å². The summed E-state index contributed by atoms with van der Waals surface area (Å²) in [6.45, 7) is 4.57. The van der Waals surface area contributed by atoms with Crippen LogP contribution in [0.4, 0.5) is 0 Å². The van der Waals surface area contributed by atoms with E-state index in [0.717, 1.165) is 24.2 Å². The lowest BCUT2D eigenvalue weighted by Gasteiger charge is -2.31. The predicted octanol–water partition coefficient (Wildman–Crippen LogP) is 1.93. The van der Waals surface area contributed by atoms with Gasteiger partial charge in [-0.3, -0.25) is 4.79 Å². The van der Waals surface area contributed by atoms with Crippen LogP contribution in [0.3, 0.4) is 0 Å². The fourth-order valence-electron chi connectivity index (χ4n) is 3.37. The monoisotopic (exact) mass is 238 g/mol. The Balaban J connectivity index is 1.76. The molecule has 2 aliphatic rings. The van der Waals surface area contributed by atoms with E-state index in [4.69, 9.17) is 0 Å². The quantitative estimate of drug-likeness (QED) is 0.711. The number of unbranched alkanes of at least 4 members (excludes halogenated alkanes) is 1. The SMILES string of the molecule is CCCCC(CC(=O)NC)NC1CC2C(C)C12. The van der Waals surface area contributed by atoms with Crippen molar-refractivity contribution in [3.05, 3.63) is 0 Å². The molecule has 0 aliphatic heterocycles. The molecule has 2 fully saturated rings. The van der Waals surface area contributed by atoms with E-state index < -0.39 is 0 Å². The van der Waals surface area contributed by atoms with E-state index in [9.17, 15) is 4.79 Å². The maximum absolute atomic E-state index is 11.5. The molecule has 98 valence electrons. The molecule has 0 aromatic heterocycles. The molecule has 0 bridgehead atoms. The molecule has 0 aromatic rings. The van der Waals surface area contributed by atoms with Gasteiger partial charge in [-0.05, 0) is 30.6 Å². The van der Waals surface area contributed by atoms with Crippen molar-refractivity contribution < 1.29 is 4.79 Å². The Bertz CT molecular complexity index is 275. The highest BCUT2D eigenvalue weighted by Crippen LogP contribution is 2.60. The number of amides is 1. The predicted molar refractivity (Wildman–Crippen MR) is 69.7 cm³/mol. The molecule has 2 saturated carbocycles. The number of hydrogen-bond donors (Lipinski definition) is 2. The average molecular weight is 238 g/mol. The Morgan fingerprint density at radius 3 is 2.71 bits per heavy atom. The van der Waals surface area contributed by atoms with Crippen LogP contribution >= 0.6 is 0 Å². The zero-order valence-corrected chi connectivity index (χ0v) is 11.3. The second-order valence-corrected chi connectivity index (χ2v) is 5.83. The second kappa shape index (κ2) is 5.38. The van der Waals surface area contributed by atoms with Crippen molar-refractivity contribution in [2.24, 2.45) is 17.8 Å². The molecule has 17 heavy (non-hydrogen) atoms. The summed E-state index contributed by atoms with van der Waals surface area (Å²) in [7, 11) is 1.72. The normalized spacial score (nSPS) is 35.7. The summed E-state index contributed by atoms with van der Waals surface area (Å²) in [6.07, 6.45) is 5.53. The minimum Gasteiger partial charge on any atom is -0.359 e. The third kappa shape index (κ3) is 2.82. The van der Waals surface area contributed by atoms with Crippen molar-refractivity contribution in [1.82, 2.24) is 10.6 Å². The standard InChI is InChI=1S/C14H26N2O/c1-4-5-6-10(7-13(17)15-3)16-12-8-11-9(2)14(11)12/h9-12,14,16H,4-8H2,1-3H3,(H,15,17). The van der Waals surface area contributed by atoms with Gasteiger partial charge < -0.3 is 10.6 Å². The van der Waals surface area contributed by atoms with Crippen LogP contribution in [0.15, 0.2) is 0 Å². The molecule has 2 aliphatic carbocycles. The maximum atomic E-state index is 11.5. The van der Waals surface area contributed by atoms with E-state index in [1.165, 1.54) is 19.3 Å². The number of rotatable bonds is 7. The zero-order valence-electron chi connectivity index (χ0n) is 11.3. The lowest BCUT2D eigenvalue weighted by atomic mass is 9.91. The molecule has 1 amide bonds. The molecule has 0 heterocycles. The number of carbonyl (C=O) groups excluding carboxylic acids is 1. The number of hydrogen-bond acceptors (Lipinski definition) is 2. The van der Waals surface area contributed by atoms with E-state index in [-0.39, 0.29) is 5.91 Å². The topological polar surface area (TPSA) is 41.1 Å². The molecule has 5 unspecified atom stereocenters. The lowest BCUT2D eigenvalue weighted by Crippen LogP contribution is -2.46. The van der Waals surface area contributed by atoms with Crippen LogP contribution in [-0.2, 0) is 4.79 Å². The van der Waals surface area contributed by atoms with Gasteiger partial charge in [0.1, 0.15) is 0 Å². The van der Waals surface area contributed by atoms with Crippen LogP contribution in [0.25, 0.3) is 0 Å². The van der Waals surface area contributed by atoms with Gasteiger partial charge in [-0.25, -0.2) is 0 Å². The lowest BCUT2D eigenvalue weighted by molar-refractivity contribution is -0.121. The van der Waals surface area contributed by atoms with E-state index in [1.54, 1.807) is 7.05 Å². The van der Waals surface area contributed by atoms with Crippen LogP contribution in [0, 0.1) is 17.8 Å². The Morgan fingerprint density at radius 2 is 2.24 bits per heavy atom. The minimum absolute atomic E-state index is 0.165. The van der Waals surface area contributed by atoms with E-state index >= 15 is 0 Å². The molecule has 0 radical (unpaired) electrons. The highest BCUT2D eigenvalue weighted by Gasteiger charge is 2.60. The van der Waals surface area contributed by atoms with Crippen molar-refractivity contribution in [3.8, 4) is 0 Å². The summed E-state index contributed by atoms with van der Waals surface area (Å²) >= 11 is 0. The summed E-state index contributed by atoms with van der Waals surface area (Å²) in [5.74, 6) is 3.01. The molecule has 2 rings (SSSR count). The van der Waals surface area contributed by atoms with Crippen LogP contribution < -0.4 is 10.6 Å². The first-order chi connectivity index (χ1) is 8.17. The summed E-state index contributed by atoms with van der Waals surface area (Å²) in [5.41, 5.74) is 0. The molecule has 0 spiro atoms. The van der Waals surface area contributed by atoms with Gasteiger partial charge in [0.05, 0.1) is 0 Å². The van der Waals surface area contributed by atoms with Gasteiger partial charge in [-0.15, -0.1) is 0 Å². The molecule has 0 saturated heterocycles. The van der Waals surface area contributed by atoms with Gasteiger partial charge in [0.2, 0.25) is 5.91 Å². The fourth-order valence-corrected chi connectivity index (χ4v) is 3.37. The molecular formula is C14H26N2O. The van der Waals surface area contributed by atoms with Crippen molar-refractivity contribution >= 4 is 5.91 Å². The number of carbonyl (C=O) groups is 1. The summed E-state index contributed by atoms with van der Waals surface area (Å²) in [6, 6.07) is 1.08. The molecule has 2 N–H and O–H groups in total. The molecule has 3 heteroatoms. The third-order valence-electron chi connectivity index (χ3n) is 4.69. The number of nitrogens with one attached hydrogen (secondary N) is 2. The Morgan fingerprint density at radius 1 is 1.47 bits per heavy atom. The highest BCUT2D eigenvalue weighted by molar-refractivity contribution is 5.76. The smallest absolute Gasteiger partial charge is 0.221 e. The molecule has 3 nitrogen and oxygen atoms in total. The van der Waals surface area contributed by atoms with Gasteiger partial charge in [0, 0.05) is 25.6 Å². The number of fused-ring (bicyclic) bond motifs is 1. The Labute approximate surface area is 105 Å². The minimum atomic E-state index is 0.165. The second-order valence-electron chi connectivity index (χ2n) is 5.83. The summed E-state index contributed by atoms with van der Waals surface area (Å²) in [5, 5.41) is 6.45. The molecular weight excluding hydrogens is 212 g/mol. The van der Waals surface area contributed by atoms with Crippen LogP contribution in [0.5, 0.6) is 0 Å². The van der Waals surface area contributed by atoms with Crippen LogP contribution in [-0.4, -0.2) is 25.0 Å². The van der Waals surface area contributed by atoms with E-state index in [1.807, 2.05) is 0 Å². The van der Waals surface area contributed by atoms with Crippen molar-refractivity contribution in [1.29, 1.82) is 0 Å². The van der Waals surface area contributed by atoms with Crippen molar-refractivity contribution in [2.75, 3.05) is 7.05 Å². The van der Waals surface area contributed by atoms with Crippen LogP contribution in [0.2, 0.25) is 0 Å². The zero-order chi connectivity index (χ0) is 12.4. The first-order valence-electron chi connectivity index (χ1n) is 7.14. The Hall–Kier alpha value is -0.570. The summed E-state index contributed by atoms with van der Waals surface area (Å²) < 4.78 is 0. The van der Waals surface area contributed by atoms with Gasteiger partial charge in [0.15, 0.2) is 0 Å².